The third-order valence-electron chi connectivity index (χ3n) is 8.56. The Balaban J connectivity index is 1.31. The van der Waals surface area contributed by atoms with E-state index < -0.39 is 62.4 Å². The summed E-state index contributed by atoms with van der Waals surface area (Å²) in [4.78, 5) is 12.5. The molecule has 0 saturated heterocycles. The van der Waals surface area contributed by atoms with E-state index in [1.54, 1.807) is 0 Å². The molecule has 8 nitrogen and oxygen atoms in total. The predicted molar refractivity (Wildman–Crippen MR) is 138 cm³/mol. The molecule has 0 heterocycles. The topological polar surface area (TPSA) is 133 Å². The lowest BCUT2D eigenvalue weighted by molar-refractivity contribution is -0.129. The van der Waals surface area contributed by atoms with Crippen LogP contribution in [-0.4, -0.2) is 65.4 Å². The lowest BCUT2D eigenvalue weighted by Gasteiger charge is -2.42. The maximum absolute atomic E-state index is 13.7. The minimum Gasteiger partial charge on any atom is -0.390 e. The van der Waals surface area contributed by atoms with Crippen molar-refractivity contribution >= 4 is 33.0 Å². The fraction of sp³-hybridized carbons (Fsp3) is 0.519. The third-order valence-corrected chi connectivity index (χ3v) is 11.2. The van der Waals surface area contributed by atoms with Crippen molar-refractivity contribution in [1.29, 1.82) is 0 Å². The highest BCUT2D eigenvalue weighted by atomic mass is 35.5. The zero-order valence-electron chi connectivity index (χ0n) is 21.2. The molecule has 2 aromatic rings. The molecular formula is C27H29ClF3NO7S. The molecule has 5 atom stereocenters. The molecule has 0 spiro atoms. The molecule has 2 unspecified atom stereocenters. The summed E-state index contributed by atoms with van der Waals surface area (Å²) in [5, 5.41) is 32.2. The fourth-order valence-electron chi connectivity index (χ4n) is 6.31. The van der Waals surface area contributed by atoms with Gasteiger partial charge in [0, 0.05) is 36.2 Å². The zero-order valence-corrected chi connectivity index (χ0v) is 22.8. The summed E-state index contributed by atoms with van der Waals surface area (Å²) in [6.07, 6.45) is -0.124. The van der Waals surface area contributed by atoms with E-state index in [0.717, 1.165) is 6.07 Å². The average Bonchev–Trinajstić information content (AvgIpc) is 3.25. The minimum absolute atomic E-state index is 0.0276. The summed E-state index contributed by atoms with van der Waals surface area (Å²) in [5.74, 6) is -6.28. The molecule has 3 fully saturated rings. The van der Waals surface area contributed by atoms with E-state index in [-0.39, 0.29) is 65.3 Å². The Morgan fingerprint density at radius 3 is 2.15 bits per heavy atom. The molecule has 218 valence electrons. The molecule has 0 aliphatic heterocycles. The van der Waals surface area contributed by atoms with Gasteiger partial charge >= 0.3 is 0 Å². The SMILES string of the molecule is O=C(Nc1cc(F)c(F)c(F)c1)c1ccc(Cl)c(S(=O)(=O)[C@H]2CC3CCC(C2)[C@]3(O)CO[C@H]2C[C@@H](O)[C@@H](O)C2)c1. The van der Waals surface area contributed by atoms with Gasteiger partial charge in [-0.3, -0.25) is 4.79 Å². The van der Waals surface area contributed by atoms with Gasteiger partial charge in [-0.25, -0.2) is 21.6 Å². The van der Waals surface area contributed by atoms with Crippen LogP contribution in [0.5, 0.6) is 0 Å². The van der Waals surface area contributed by atoms with Gasteiger partial charge < -0.3 is 25.4 Å². The average molecular weight is 604 g/mol. The van der Waals surface area contributed by atoms with Crippen molar-refractivity contribution < 1.29 is 46.4 Å². The van der Waals surface area contributed by atoms with E-state index in [0.29, 0.717) is 25.0 Å². The first-order valence-corrected chi connectivity index (χ1v) is 14.9. The lowest BCUT2D eigenvalue weighted by atomic mass is 9.75. The second-order valence-electron chi connectivity index (χ2n) is 11.0. The smallest absolute Gasteiger partial charge is 0.255 e. The second kappa shape index (κ2) is 10.9. The van der Waals surface area contributed by atoms with Gasteiger partial charge in [0.1, 0.15) is 0 Å². The number of benzene rings is 2. The van der Waals surface area contributed by atoms with Gasteiger partial charge in [-0.05, 0) is 55.7 Å². The van der Waals surface area contributed by atoms with Crippen LogP contribution in [0, 0.1) is 29.3 Å². The number of hydrogen-bond acceptors (Lipinski definition) is 7. The van der Waals surface area contributed by atoms with Crippen LogP contribution in [0.1, 0.15) is 48.9 Å². The minimum atomic E-state index is -4.06. The van der Waals surface area contributed by atoms with Crippen LogP contribution >= 0.6 is 11.6 Å². The molecule has 3 aliphatic rings. The largest absolute Gasteiger partial charge is 0.390 e. The van der Waals surface area contributed by atoms with Crippen molar-refractivity contribution in [3.05, 3.63) is 58.4 Å². The van der Waals surface area contributed by atoms with Gasteiger partial charge in [0.15, 0.2) is 27.3 Å². The van der Waals surface area contributed by atoms with Crippen molar-refractivity contribution in [2.75, 3.05) is 11.9 Å². The van der Waals surface area contributed by atoms with Crippen LogP contribution in [0.2, 0.25) is 5.02 Å². The molecule has 40 heavy (non-hydrogen) atoms. The molecule has 13 heteroatoms. The number of fused-ring (bicyclic) bond motifs is 2. The van der Waals surface area contributed by atoms with E-state index in [9.17, 15) is 41.7 Å². The van der Waals surface area contributed by atoms with Crippen LogP contribution in [-0.2, 0) is 14.6 Å². The highest BCUT2D eigenvalue weighted by Gasteiger charge is 2.56. The molecular weight excluding hydrogens is 575 g/mol. The quantitative estimate of drug-likeness (QED) is 0.356. The second-order valence-corrected chi connectivity index (χ2v) is 13.6. The Bertz CT molecular complexity index is 1380. The van der Waals surface area contributed by atoms with Crippen LogP contribution in [0.25, 0.3) is 0 Å². The summed E-state index contributed by atoms with van der Waals surface area (Å²) in [6, 6.07) is 4.78. The molecule has 3 aliphatic carbocycles. The number of anilines is 1. The highest BCUT2D eigenvalue weighted by molar-refractivity contribution is 7.92. The fourth-order valence-corrected chi connectivity index (χ4v) is 8.71. The first kappa shape index (κ1) is 29.3. The van der Waals surface area contributed by atoms with Crippen molar-refractivity contribution in [3.63, 3.8) is 0 Å². The number of carbonyl (C=O) groups is 1. The number of halogens is 4. The van der Waals surface area contributed by atoms with Crippen molar-refractivity contribution in [3.8, 4) is 0 Å². The van der Waals surface area contributed by atoms with E-state index in [1.807, 2.05) is 0 Å². The Labute approximate surface area is 234 Å². The van der Waals surface area contributed by atoms with E-state index >= 15 is 0 Å². The van der Waals surface area contributed by atoms with Crippen molar-refractivity contribution in [2.24, 2.45) is 11.8 Å². The van der Waals surface area contributed by atoms with Crippen LogP contribution in [0.4, 0.5) is 18.9 Å². The summed E-state index contributed by atoms with van der Waals surface area (Å²) in [5.41, 5.74) is -1.74. The number of carbonyl (C=O) groups excluding carboxylic acids is 1. The normalized spacial score (nSPS) is 31.9. The number of ether oxygens (including phenoxy) is 1. The van der Waals surface area contributed by atoms with Crippen molar-refractivity contribution in [2.45, 2.75) is 72.6 Å². The highest BCUT2D eigenvalue weighted by Crippen LogP contribution is 2.52. The van der Waals surface area contributed by atoms with E-state index in [4.69, 9.17) is 16.3 Å². The monoisotopic (exact) mass is 603 g/mol. The number of amides is 1. The molecule has 2 aromatic carbocycles. The van der Waals surface area contributed by atoms with Crippen molar-refractivity contribution in [1.82, 2.24) is 0 Å². The number of hydrogen-bond donors (Lipinski definition) is 4. The standard InChI is InChI=1S/C27H29ClF3NO7S/c28-19-4-1-13(26(35)32-16-8-20(29)25(31)21(30)9-16)5-24(19)40(37,38)18-6-14-2-3-15(7-18)27(14,36)12-39-17-10-22(33)23(34)11-17/h1,4-5,8-9,14-15,17-18,22-23,33-34,36H,2-3,6-7,10-12H2,(H,32,35)/t14?,15?,17-,18-,22+,23-,27-. The van der Waals surface area contributed by atoms with Gasteiger partial charge in [0.2, 0.25) is 0 Å². The van der Waals surface area contributed by atoms with Gasteiger partial charge in [-0.1, -0.05) is 11.6 Å². The Morgan fingerprint density at radius 2 is 1.57 bits per heavy atom. The Morgan fingerprint density at radius 1 is 1.00 bits per heavy atom. The molecule has 4 N–H and O–H groups in total. The molecule has 2 bridgehead atoms. The summed E-state index contributed by atoms with van der Waals surface area (Å²) in [6.45, 7) is -0.0276. The summed E-state index contributed by atoms with van der Waals surface area (Å²) >= 11 is 6.25. The predicted octanol–water partition coefficient (Wildman–Crippen LogP) is 3.60. The number of sulfone groups is 1. The summed E-state index contributed by atoms with van der Waals surface area (Å²) in [7, 11) is -4.06. The summed E-state index contributed by atoms with van der Waals surface area (Å²) < 4.78 is 73.6. The molecule has 0 aromatic heterocycles. The maximum atomic E-state index is 13.7. The van der Waals surface area contributed by atoms with Gasteiger partial charge in [0.25, 0.3) is 5.91 Å². The number of aliphatic hydroxyl groups is 3. The number of rotatable bonds is 7. The van der Waals surface area contributed by atoms with E-state index in [1.165, 1.54) is 12.1 Å². The molecule has 1 amide bonds. The Kier molecular flexibility index (Phi) is 7.97. The van der Waals surface area contributed by atoms with Gasteiger partial charge in [0.05, 0.1) is 45.7 Å². The maximum Gasteiger partial charge on any atom is 0.255 e. The van der Waals surface area contributed by atoms with Crippen LogP contribution in [0.15, 0.2) is 35.2 Å². The molecule has 5 rings (SSSR count). The van der Waals surface area contributed by atoms with Crippen LogP contribution < -0.4 is 5.32 Å². The third kappa shape index (κ3) is 5.37. The number of nitrogens with one attached hydrogen (secondary N) is 1. The van der Waals surface area contributed by atoms with Crippen LogP contribution in [0.3, 0.4) is 0 Å². The first-order valence-electron chi connectivity index (χ1n) is 13.0. The lowest BCUT2D eigenvalue weighted by Crippen LogP contribution is -2.51. The molecule has 3 saturated carbocycles. The van der Waals surface area contributed by atoms with Gasteiger partial charge in [-0.2, -0.15) is 0 Å². The molecule has 0 radical (unpaired) electrons. The van der Waals surface area contributed by atoms with Gasteiger partial charge in [-0.15, -0.1) is 0 Å². The zero-order chi connectivity index (χ0) is 29.0. The number of aliphatic hydroxyl groups excluding tert-OH is 2. The Hall–Kier alpha value is -2.22. The first-order chi connectivity index (χ1) is 18.8. The van der Waals surface area contributed by atoms with E-state index in [2.05, 4.69) is 5.32 Å².